The zero-order chi connectivity index (χ0) is 23.2. The quantitative estimate of drug-likeness (QED) is 0.544. The van der Waals surface area contributed by atoms with Crippen molar-refractivity contribution in [2.45, 2.75) is 38.4 Å². The second-order valence-electron chi connectivity index (χ2n) is 8.59. The molecule has 2 fully saturated rings. The van der Waals surface area contributed by atoms with Crippen LogP contribution in [-0.2, 0) is 12.7 Å². The van der Waals surface area contributed by atoms with Gasteiger partial charge in [-0.25, -0.2) is 23.4 Å². The third kappa shape index (κ3) is 4.27. The van der Waals surface area contributed by atoms with E-state index < -0.39 is 24.8 Å². The molecule has 0 saturated carbocycles. The van der Waals surface area contributed by atoms with Crippen molar-refractivity contribution >= 4 is 22.8 Å². The average Bonchev–Trinajstić information content (AvgIpc) is 3.38. The summed E-state index contributed by atoms with van der Waals surface area (Å²) < 4.78 is 65.0. The van der Waals surface area contributed by atoms with Crippen LogP contribution in [0.15, 0.2) is 24.5 Å². The lowest BCUT2D eigenvalue weighted by molar-refractivity contribution is -0.141. The van der Waals surface area contributed by atoms with Crippen molar-refractivity contribution in [1.29, 1.82) is 0 Å². The highest BCUT2D eigenvalue weighted by atomic mass is 19.4. The first-order valence-electron chi connectivity index (χ1n) is 10.6. The highest BCUT2D eigenvalue weighted by Crippen LogP contribution is 2.42. The van der Waals surface area contributed by atoms with Gasteiger partial charge in [-0.05, 0) is 36.8 Å². The average molecular weight is 468 g/mol. The monoisotopic (exact) mass is 468 g/mol. The van der Waals surface area contributed by atoms with Gasteiger partial charge in [0.2, 0.25) is 0 Å². The molecule has 0 bridgehead atoms. The highest BCUT2D eigenvalue weighted by Gasteiger charge is 2.41. The molecule has 176 valence electrons. The van der Waals surface area contributed by atoms with Crippen molar-refractivity contribution in [3.8, 4) is 0 Å². The number of nitrogens with zero attached hydrogens (tertiary/aromatic N) is 8. The minimum absolute atomic E-state index is 0.0376. The Hall–Kier alpha value is -3.12. The van der Waals surface area contributed by atoms with Crippen LogP contribution in [0.25, 0.3) is 11.2 Å². The van der Waals surface area contributed by atoms with Gasteiger partial charge >= 0.3 is 6.18 Å². The fourth-order valence-corrected chi connectivity index (χ4v) is 4.65. The molecule has 2 saturated heterocycles. The molecular formula is C20H21F5N8. The van der Waals surface area contributed by atoms with E-state index in [4.69, 9.17) is 0 Å². The number of piperidine rings is 1. The number of anilines is 2. The van der Waals surface area contributed by atoms with Crippen molar-refractivity contribution in [3.05, 3.63) is 30.2 Å². The van der Waals surface area contributed by atoms with E-state index in [0.717, 1.165) is 38.4 Å². The van der Waals surface area contributed by atoms with Gasteiger partial charge in [0.1, 0.15) is 17.9 Å². The van der Waals surface area contributed by atoms with Crippen LogP contribution in [0.4, 0.5) is 33.6 Å². The molecule has 0 aromatic carbocycles. The van der Waals surface area contributed by atoms with Crippen LogP contribution in [0.1, 0.15) is 25.0 Å². The number of halogens is 5. The summed E-state index contributed by atoms with van der Waals surface area (Å²) in [6.07, 6.45) is -1.33. The molecule has 3 aromatic heterocycles. The number of fused-ring (bicyclic) bond motifs is 1. The molecule has 1 spiro atoms. The first kappa shape index (κ1) is 21.7. The Morgan fingerprint density at radius 1 is 0.939 bits per heavy atom. The van der Waals surface area contributed by atoms with E-state index in [1.165, 1.54) is 16.9 Å². The first-order valence-corrected chi connectivity index (χ1v) is 10.6. The van der Waals surface area contributed by atoms with Gasteiger partial charge in [0.15, 0.2) is 17.2 Å². The summed E-state index contributed by atoms with van der Waals surface area (Å²) in [5.74, 6) is 1.07. The molecule has 3 aromatic rings. The SMILES string of the molecule is FC(F)Cn1ncc2ncc(N3CCC4(CCN(c5ccc(C(F)(F)F)nn5)C4)CC3)nc21. The van der Waals surface area contributed by atoms with Gasteiger partial charge < -0.3 is 9.80 Å². The summed E-state index contributed by atoms with van der Waals surface area (Å²) in [6.45, 7) is 2.31. The number of alkyl halides is 5. The van der Waals surface area contributed by atoms with Crippen molar-refractivity contribution in [1.82, 2.24) is 29.9 Å². The number of rotatable bonds is 4. The van der Waals surface area contributed by atoms with Crippen LogP contribution in [0.5, 0.6) is 0 Å². The maximum atomic E-state index is 12.8. The Morgan fingerprint density at radius 2 is 1.67 bits per heavy atom. The zero-order valence-corrected chi connectivity index (χ0v) is 17.5. The standard InChI is InChI=1S/C20H21F5N8/c21-15(22)11-33-18-13(9-27-33)26-10-17(28-18)31-6-3-19(4-7-31)5-8-32(12-19)16-2-1-14(29-30-16)20(23,24)25/h1-2,9-10,15H,3-8,11-12H2. The molecule has 13 heteroatoms. The topological polar surface area (TPSA) is 75.9 Å². The minimum Gasteiger partial charge on any atom is -0.355 e. The summed E-state index contributed by atoms with van der Waals surface area (Å²) in [5.41, 5.74) is -0.157. The zero-order valence-electron chi connectivity index (χ0n) is 17.5. The van der Waals surface area contributed by atoms with Crippen LogP contribution < -0.4 is 9.80 Å². The fraction of sp³-hybridized carbons (Fsp3) is 0.550. The van der Waals surface area contributed by atoms with Gasteiger partial charge in [-0.2, -0.15) is 18.3 Å². The van der Waals surface area contributed by atoms with E-state index in [0.29, 0.717) is 35.9 Å². The smallest absolute Gasteiger partial charge is 0.355 e. The number of aromatic nitrogens is 6. The maximum Gasteiger partial charge on any atom is 0.435 e. The number of hydrogen-bond donors (Lipinski definition) is 0. The van der Waals surface area contributed by atoms with E-state index in [2.05, 4.69) is 30.2 Å². The van der Waals surface area contributed by atoms with Crippen LogP contribution in [0, 0.1) is 5.41 Å². The lowest BCUT2D eigenvalue weighted by Crippen LogP contribution is -2.42. The van der Waals surface area contributed by atoms with E-state index in [-0.39, 0.29) is 5.41 Å². The highest BCUT2D eigenvalue weighted by molar-refractivity contribution is 5.71. The Kier molecular flexibility index (Phi) is 5.28. The van der Waals surface area contributed by atoms with Crippen LogP contribution in [0.2, 0.25) is 0 Å². The molecule has 0 unspecified atom stereocenters. The summed E-state index contributed by atoms with van der Waals surface area (Å²) in [4.78, 5) is 12.9. The summed E-state index contributed by atoms with van der Waals surface area (Å²) in [5, 5.41) is 11.1. The molecule has 8 nitrogen and oxygen atoms in total. The summed E-state index contributed by atoms with van der Waals surface area (Å²) in [7, 11) is 0. The van der Waals surface area contributed by atoms with Gasteiger partial charge in [-0.1, -0.05) is 0 Å². The predicted octanol–water partition coefficient (Wildman–Crippen LogP) is 3.40. The maximum absolute atomic E-state index is 12.8. The molecule has 0 atom stereocenters. The fourth-order valence-electron chi connectivity index (χ4n) is 4.65. The van der Waals surface area contributed by atoms with Crippen molar-refractivity contribution in [2.24, 2.45) is 5.41 Å². The van der Waals surface area contributed by atoms with Crippen LogP contribution in [-0.4, -0.2) is 62.6 Å². The second kappa shape index (κ2) is 8.03. The van der Waals surface area contributed by atoms with Gasteiger partial charge in [-0.3, -0.25) is 0 Å². The molecule has 0 N–H and O–H groups in total. The molecule has 33 heavy (non-hydrogen) atoms. The van der Waals surface area contributed by atoms with Crippen LogP contribution in [0.3, 0.4) is 0 Å². The minimum atomic E-state index is -4.51. The lowest BCUT2D eigenvalue weighted by atomic mass is 9.78. The van der Waals surface area contributed by atoms with Crippen molar-refractivity contribution in [2.75, 3.05) is 36.0 Å². The molecule has 2 aliphatic heterocycles. The van der Waals surface area contributed by atoms with Crippen molar-refractivity contribution in [3.63, 3.8) is 0 Å². The van der Waals surface area contributed by atoms with Gasteiger partial charge in [0.05, 0.1) is 12.4 Å². The molecular weight excluding hydrogens is 447 g/mol. The Balaban J connectivity index is 1.25. The van der Waals surface area contributed by atoms with E-state index >= 15 is 0 Å². The van der Waals surface area contributed by atoms with Gasteiger partial charge in [0.25, 0.3) is 6.43 Å². The molecule has 5 rings (SSSR count). The third-order valence-corrected chi connectivity index (χ3v) is 6.49. The lowest BCUT2D eigenvalue weighted by Gasteiger charge is -2.39. The van der Waals surface area contributed by atoms with Crippen LogP contribution >= 0.6 is 0 Å². The molecule has 0 aliphatic carbocycles. The largest absolute Gasteiger partial charge is 0.435 e. The summed E-state index contributed by atoms with van der Waals surface area (Å²) >= 11 is 0. The molecule has 0 amide bonds. The van der Waals surface area contributed by atoms with Crippen molar-refractivity contribution < 1.29 is 22.0 Å². The van der Waals surface area contributed by atoms with E-state index in [1.54, 1.807) is 6.20 Å². The van der Waals surface area contributed by atoms with Gasteiger partial charge in [-0.15, -0.1) is 10.2 Å². The molecule has 0 radical (unpaired) electrons. The number of hydrogen-bond acceptors (Lipinski definition) is 7. The first-order chi connectivity index (χ1) is 15.7. The van der Waals surface area contributed by atoms with E-state index in [9.17, 15) is 22.0 Å². The Morgan fingerprint density at radius 3 is 2.30 bits per heavy atom. The normalized spacial score (nSPS) is 18.7. The van der Waals surface area contributed by atoms with E-state index in [1.807, 2.05) is 4.90 Å². The molecule has 5 heterocycles. The second-order valence-corrected chi connectivity index (χ2v) is 8.59. The Labute approximate surface area is 185 Å². The van der Waals surface area contributed by atoms with Gasteiger partial charge in [0, 0.05) is 26.2 Å². The molecule has 2 aliphatic rings. The third-order valence-electron chi connectivity index (χ3n) is 6.49. The predicted molar refractivity (Wildman–Crippen MR) is 109 cm³/mol. The Bertz CT molecular complexity index is 1120. The summed E-state index contributed by atoms with van der Waals surface area (Å²) in [6, 6.07) is 2.33.